The molecule has 0 radical (unpaired) electrons. The Morgan fingerprint density at radius 1 is 0.824 bits per heavy atom. The molecule has 0 aliphatic heterocycles. The zero-order valence-electron chi connectivity index (χ0n) is 24.2. The van der Waals surface area contributed by atoms with Gasteiger partial charge < -0.3 is 13.3 Å². The normalized spacial score (nSPS) is 43.0. The van der Waals surface area contributed by atoms with E-state index in [0.717, 1.165) is 24.2 Å². The Labute approximate surface area is 214 Å². The molecule has 6 heteroatoms. The largest absolute Gasteiger partial charge is 0.547 e. The van der Waals surface area contributed by atoms with Gasteiger partial charge >= 0.3 is 0 Å². The predicted molar refractivity (Wildman–Crippen MR) is 151 cm³/mol. The Balaban J connectivity index is 1.64. The highest BCUT2D eigenvalue weighted by Crippen LogP contribution is 2.67. The quantitative estimate of drug-likeness (QED) is 0.328. The fourth-order valence-electron chi connectivity index (χ4n) is 8.50. The van der Waals surface area contributed by atoms with Crippen molar-refractivity contribution in [3.63, 3.8) is 0 Å². The second-order valence-electron chi connectivity index (χ2n) is 15.6. The first-order valence-electron chi connectivity index (χ1n) is 14.2. The fraction of sp³-hybridized carbons (Fsp3) is 0.929. The van der Waals surface area contributed by atoms with Crippen LogP contribution in [0.2, 0.25) is 58.9 Å². The second kappa shape index (κ2) is 8.85. The van der Waals surface area contributed by atoms with E-state index in [0.29, 0.717) is 23.5 Å². The molecule has 0 aromatic heterocycles. The smallest absolute Gasteiger partial charge is 0.241 e. The van der Waals surface area contributed by atoms with Crippen molar-refractivity contribution in [2.45, 2.75) is 130 Å². The van der Waals surface area contributed by atoms with Gasteiger partial charge in [0, 0.05) is 17.6 Å². The molecule has 0 spiro atoms. The van der Waals surface area contributed by atoms with E-state index in [4.69, 9.17) is 13.3 Å². The van der Waals surface area contributed by atoms with E-state index in [9.17, 15) is 0 Å². The van der Waals surface area contributed by atoms with E-state index >= 15 is 0 Å². The minimum absolute atomic E-state index is 0.146. The summed E-state index contributed by atoms with van der Waals surface area (Å²) < 4.78 is 20.6. The van der Waals surface area contributed by atoms with Gasteiger partial charge in [-0.25, -0.2) is 0 Å². The van der Waals surface area contributed by atoms with Crippen LogP contribution in [0.3, 0.4) is 0 Å². The maximum atomic E-state index is 7.16. The van der Waals surface area contributed by atoms with Gasteiger partial charge in [0.15, 0.2) is 16.6 Å². The molecule has 0 bridgehead atoms. The Morgan fingerprint density at radius 2 is 1.47 bits per heavy atom. The van der Waals surface area contributed by atoms with Crippen LogP contribution in [0.25, 0.3) is 0 Å². The summed E-state index contributed by atoms with van der Waals surface area (Å²) in [5.74, 6) is 4.27. The Hall–Kier alpha value is 0.111. The van der Waals surface area contributed by atoms with E-state index in [1.807, 2.05) is 0 Å². The summed E-state index contributed by atoms with van der Waals surface area (Å²) in [6, 6.07) is 0. The van der Waals surface area contributed by atoms with Crippen LogP contribution >= 0.6 is 0 Å². The minimum atomic E-state index is -1.67. The lowest BCUT2D eigenvalue weighted by atomic mass is 9.44. The zero-order chi connectivity index (χ0) is 25.3. The van der Waals surface area contributed by atoms with Crippen LogP contribution in [-0.2, 0) is 13.3 Å². The summed E-state index contributed by atoms with van der Waals surface area (Å²) in [6.07, 6.45) is 12.3. The maximum Gasteiger partial charge on any atom is 0.241 e. The maximum absolute atomic E-state index is 7.16. The minimum Gasteiger partial charge on any atom is -0.547 e. The lowest BCUT2D eigenvalue weighted by Gasteiger charge is -2.63. The summed E-state index contributed by atoms with van der Waals surface area (Å²) in [5.41, 5.74) is 0.531. The molecule has 0 aromatic rings. The van der Waals surface area contributed by atoms with Gasteiger partial charge in [0.2, 0.25) is 8.32 Å². The van der Waals surface area contributed by atoms with Crippen LogP contribution in [0.15, 0.2) is 11.8 Å². The van der Waals surface area contributed by atoms with E-state index in [-0.39, 0.29) is 5.41 Å². The third-order valence-electron chi connectivity index (χ3n) is 9.48. The van der Waals surface area contributed by atoms with Gasteiger partial charge in [-0.1, -0.05) is 13.8 Å². The van der Waals surface area contributed by atoms with E-state index in [2.05, 4.69) is 78.8 Å². The number of hydrogen-bond donors (Lipinski definition) is 0. The fourth-order valence-corrected chi connectivity index (χ4v) is 11.8. The van der Waals surface area contributed by atoms with Crippen molar-refractivity contribution < 1.29 is 13.3 Å². The van der Waals surface area contributed by atoms with Gasteiger partial charge in [-0.05, 0) is 139 Å². The second-order valence-corrected chi connectivity index (χ2v) is 29.0. The van der Waals surface area contributed by atoms with Crippen molar-refractivity contribution in [3.05, 3.63) is 11.8 Å². The molecule has 0 N–H and O–H groups in total. The topological polar surface area (TPSA) is 27.7 Å². The highest BCUT2D eigenvalue weighted by molar-refractivity contribution is 6.70. The first-order valence-corrected chi connectivity index (χ1v) is 24.4. The summed E-state index contributed by atoms with van der Waals surface area (Å²) in [7, 11) is -4.81. The van der Waals surface area contributed by atoms with Crippen molar-refractivity contribution in [2.24, 2.45) is 34.5 Å². The summed E-state index contributed by atoms with van der Waals surface area (Å²) in [6.45, 7) is 26.4. The van der Waals surface area contributed by atoms with Gasteiger partial charge in [-0.2, -0.15) is 0 Å². The molecule has 3 saturated carbocycles. The average Bonchev–Trinajstić information content (AvgIpc) is 2.93. The third kappa shape index (κ3) is 5.37. The molecule has 0 amide bonds. The third-order valence-corrected chi connectivity index (χ3v) is 12.4. The van der Waals surface area contributed by atoms with Gasteiger partial charge in [0.05, 0.1) is 5.76 Å². The Morgan fingerprint density at radius 3 is 2.06 bits per heavy atom. The number of hydrogen-bond acceptors (Lipinski definition) is 3. The molecule has 0 aromatic carbocycles. The van der Waals surface area contributed by atoms with Crippen molar-refractivity contribution in [2.75, 3.05) is 0 Å². The molecule has 196 valence electrons. The highest BCUT2D eigenvalue weighted by atomic mass is 28.4. The van der Waals surface area contributed by atoms with Crippen LogP contribution in [-0.4, -0.2) is 37.2 Å². The van der Waals surface area contributed by atoms with Crippen LogP contribution < -0.4 is 0 Å². The molecule has 0 heterocycles. The van der Waals surface area contributed by atoms with Crippen LogP contribution in [0, 0.1) is 34.5 Å². The zero-order valence-corrected chi connectivity index (χ0v) is 27.2. The first-order chi connectivity index (χ1) is 15.4. The summed E-state index contributed by atoms with van der Waals surface area (Å²) in [5, 5.41) is 0. The SMILES string of the molecule is C[C@]12CC(O[Si](C)(C)C)C3C(CC[C@H]4C[C@H](O[Si](C)(C)C)CC[C@]34C)C1CC=C2O[Si](C)(C)C. The summed E-state index contributed by atoms with van der Waals surface area (Å²) >= 11 is 0. The molecule has 4 unspecified atom stereocenters. The Bertz CT molecular complexity index is 792. The molecular weight excluding hydrogens is 469 g/mol. The monoisotopic (exact) mass is 522 g/mol. The van der Waals surface area contributed by atoms with E-state index < -0.39 is 25.0 Å². The van der Waals surface area contributed by atoms with Crippen molar-refractivity contribution in [1.29, 1.82) is 0 Å². The molecule has 0 saturated heterocycles. The van der Waals surface area contributed by atoms with Gasteiger partial charge in [-0.15, -0.1) is 0 Å². The number of rotatable bonds is 6. The molecular formula is C28H54O3Si3. The Kier molecular flexibility index (Phi) is 7.07. The number of allylic oxidation sites excluding steroid dienone is 2. The van der Waals surface area contributed by atoms with Crippen LogP contribution in [0.4, 0.5) is 0 Å². The van der Waals surface area contributed by atoms with Gasteiger partial charge in [0.25, 0.3) is 0 Å². The molecule has 3 nitrogen and oxygen atoms in total. The molecule has 4 aliphatic rings. The molecule has 3 fully saturated rings. The number of fused-ring (bicyclic) bond motifs is 5. The van der Waals surface area contributed by atoms with Crippen LogP contribution in [0.5, 0.6) is 0 Å². The van der Waals surface area contributed by atoms with Crippen LogP contribution in [0.1, 0.15) is 58.8 Å². The molecule has 34 heavy (non-hydrogen) atoms. The van der Waals surface area contributed by atoms with Gasteiger partial charge in [0.1, 0.15) is 0 Å². The lowest BCUT2D eigenvalue weighted by molar-refractivity contribution is -0.165. The standard InChI is InChI=1S/C28H54O3Si3/c1-27-17-16-21(29-32(3,4)5)18-20(27)12-13-22-23-14-15-25(31-34(9,10)11)28(23,2)19-24(26(22)27)30-33(6,7)8/h15,20-24,26H,12-14,16-19H2,1-11H3/t20-,21+,22?,23?,24?,26?,27-,28-/m0/s1. The first kappa shape index (κ1) is 27.2. The van der Waals surface area contributed by atoms with Crippen molar-refractivity contribution in [3.8, 4) is 0 Å². The van der Waals surface area contributed by atoms with E-state index in [1.165, 1.54) is 44.3 Å². The summed E-state index contributed by atoms with van der Waals surface area (Å²) in [4.78, 5) is 0. The van der Waals surface area contributed by atoms with Gasteiger partial charge in [-0.3, -0.25) is 0 Å². The highest BCUT2D eigenvalue weighted by Gasteiger charge is 2.63. The lowest BCUT2D eigenvalue weighted by Crippen LogP contribution is -2.61. The molecule has 4 rings (SSSR count). The van der Waals surface area contributed by atoms with Crippen molar-refractivity contribution in [1.82, 2.24) is 0 Å². The molecule has 4 aliphatic carbocycles. The van der Waals surface area contributed by atoms with Crippen molar-refractivity contribution >= 4 is 25.0 Å². The van der Waals surface area contributed by atoms with E-state index in [1.54, 1.807) is 0 Å². The average molecular weight is 523 g/mol. The predicted octanol–water partition coefficient (Wildman–Crippen LogP) is 8.42. The molecule has 8 atom stereocenters.